The van der Waals surface area contributed by atoms with Crippen LogP contribution in [0.1, 0.15) is 0 Å². The predicted octanol–water partition coefficient (Wildman–Crippen LogP) is 1.94. The number of alkyl halides is 3. The highest BCUT2D eigenvalue weighted by molar-refractivity contribution is 14.1. The molecule has 0 rings (SSSR count). The van der Waals surface area contributed by atoms with Crippen molar-refractivity contribution < 1.29 is 13.2 Å². The van der Waals surface area contributed by atoms with Crippen molar-refractivity contribution in [1.82, 2.24) is 0 Å². The fourth-order valence-electron chi connectivity index (χ4n) is 0.0536. The highest BCUT2D eigenvalue weighted by atomic mass is 127. The first-order valence-electron chi connectivity index (χ1n) is 1.26. The summed E-state index contributed by atoms with van der Waals surface area (Å²) in [5.41, 5.74) is 0. The van der Waals surface area contributed by atoms with Crippen molar-refractivity contribution in [1.29, 1.82) is 0 Å². The van der Waals surface area contributed by atoms with E-state index >= 15 is 0 Å². The van der Waals surface area contributed by atoms with E-state index in [0.29, 0.717) is 0 Å². The molecule has 0 unspecified atom stereocenters. The van der Waals surface area contributed by atoms with E-state index in [1.54, 1.807) is 3.93 Å². The minimum Gasteiger partial charge on any atom is -0.159 e. The van der Waals surface area contributed by atoms with Gasteiger partial charge in [-0.15, -0.1) is 0 Å². The molecule has 40 valence electrons. The molecule has 0 heterocycles. The Balaban J connectivity index is 3.72. The van der Waals surface area contributed by atoms with Crippen molar-refractivity contribution in [2.45, 2.75) is 6.18 Å². The van der Waals surface area contributed by atoms with Gasteiger partial charge in [-0.25, -0.2) is 0 Å². The Morgan fingerprint density at radius 2 is 1.71 bits per heavy atom. The van der Waals surface area contributed by atoms with Gasteiger partial charge in [0.25, 0.3) is 0 Å². The van der Waals surface area contributed by atoms with E-state index in [9.17, 15) is 13.2 Å². The Morgan fingerprint density at radius 1 is 1.29 bits per heavy atom. The zero-order chi connectivity index (χ0) is 5.91. The van der Waals surface area contributed by atoms with Crippen LogP contribution in [0.4, 0.5) is 13.2 Å². The van der Waals surface area contributed by atoms with E-state index < -0.39 is 6.18 Å². The van der Waals surface area contributed by atoms with Crippen LogP contribution in [0.3, 0.4) is 0 Å². The molecule has 0 aliphatic carbocycles. The summed E-state index contributed by atoms with van der Waals surface area (Å²) in [5.74, 6) is 1.02. The largest absolute Gasteiger partial charge is 0.458 e. The van der Waals surface area contributed by atoms with Crippen LogP contribution in [-0.4, -0.2) is 6.18 Å². The lowest BCUT2D eigenvalue weighted by Gasteiger charge is -1.88. The molecule has 4 heteroatoms. The van der Waals surface area contributed by atoms with E-state index in [0.717, 1.165) is 5.92 Å². The van der Waals surface area contributed by atoms with Gasteiger partial charge in [0.15, 0.2) is 0 Å². The second kappa shape index (κ2) is 2.40. The van der Waals surface area contributed by atoms with Gasteiger partial charge in [0.05, 0.1) is 0 Å². The summed E-state index contributed by atoms with van der Waals surface area (Å²) < 4.78 is 34.3. The normalized spacial score (nSPS) is 9.71. The van der Waals surface area contributed by atoms with E-state index in [1.807, 2.05) is 0 Å². The first kappa shape index (κ1) is 7.08. The summed E-state index contributed by atoms with van der Waals surface area (Å²) in [7, 11) is 0. The minimum absolute atomic E-state index is 1.02. The molecule has 0 aromatic carbocycles. The number of hydrogen-bond acceptors (Lipinski definition) is 0. The molecule has 0 nitrogen and oxygen atoms in total. The molecule has 0 aromatic rings. The Bertz CT molecular complexity index is 104. The standard InChI is InChI=1S/C3F3I/c4-3(5,6)1-2-7. The van der Waals surface area contributed by atoms with Crippen molar-refractivity contribution in [2.24, 2.45) is 0 Å². The summed E-state index contributed by atoms with van der Waals surface area (Å²) in [6.07, 6.45) is -4.32. The molecule has 0 amide bonds. The first-order chi connectivity index (χ1) is 3.06. The topological polar surface area (TPSA) is 0 Å². The van der Waals surface area contributed by atoms with Crippen LogP contribution >= 0.6 is 22.6 Å². The fraction of sp³-hybridized carbons (Fsp3) is 0.333. The van der Waals surface area contributed by atoms with Gasteiger partial charge in [-0.05, 0) is 3.93 Å². The summed E-state index contributed by atoms with van der Waals surface area (Å²) >= 11 is 1.33. The van der Waals surface area contributed by atoms with Crippen molar-refractivity contribution in [3.05, 3.63) is 0 Å². The van der Waals surface area contributed by atoms with Gasteiger partial charge in [-0.2, -0.15) is 13.2 Å². The van der Waals surface area contributed by atoms with E-state index in [-0.39, 0.29) is 0 Å². The summed E-state index contributed by atoms with van der Waals surface area (Å²) in [6, 6.07) is 0. The molecule has 0 aromatic heterocycles. The van der Waals surface area contributed by atoms with Crippen molar-refractivity contribution >= 4 is 22.6 Å². The zero-order valence-electron chi connectivity index (χ0n) is 3.01. The van der Waals surface area contributed by atoms with E-state index in [2.05, 4.69) is 0 Å². The maximum absolute atomic E-state index is 10.9. The van der Waals surface area contributed by atoms with Crippen molar-refractivity contribution in [2.75, 3.05) is 0 Å². The van der Waals surface area contributed by atoms with Crippen molar-refractivity contribution in [3.8, 4) is 9.85 Å². The molecule has 0 saturated heterocycles. The maximum Gasteiger partial charge on any atom is 0.458 e. The van der Waals surface area contributed by atoms with Gasteiger partial charge < -0.3 is 0 Å². The number of rotatable bonds is 0. The van der Waals surface area contributed by atoms with Crippen LogP contribution in [0.25, 0.3) is 0 Å². The van der Waals surface area contributed by atoms with Gasteiger partial charge >= 0.3 is 6.18 Å². The Labute approximate surface area is 52.2 Å². The van der Waals surface area contributed by atoms with Gasteiger partial charge in [-0.1, -0.05) is 0 Å². The van der Waals surface area contributed by atoms with Crippen LogP contribution in [0.2, 0.25) is 0 Å². The van der Waals surface area contributed by atoms with Crippen LogP contribution in [0.15, 0.2) is 0 Å². The van der Waals surface area contributed by atoms with Crippen LogP contribution in [0, 0.1) is 9.85 Å². The third kappa shape index (κ3) is 6.08. The van der Waals surface area contributed by atoms with E-state index in [1.165, 1.54) is 22.6 Å². The summed E-state index contributed by atoms with van der Waals surface area (Å²) in [6.45, 7) is 0. The molecular weight excluding hydrogens is 220 g/mol. The van der Waals surface area contributed by atoms with Crippen LogP contribution in [-0.2, 0) is 0 Å². The third-order valence-corrected chi connectivity index (χ3v) is 0.459. The van der Waals surface area contributed by atoms with Gasteiger partial charge in [0.2, 0.25) is 0 Å². The smallest absolute Gasteiger partial charge is 0.159 e. The van der Waals surface area contributed by atoms with Crippen molar-refractivity contribution in [3.63, 3.8) is 0 Å². The first-order valence-corrected chi connectivity index (χ1v) is 2.33. The number of halogens is 4. The SMILES string of the molecule is FC(F)(F)C#CI. The van der Waals surface area contributed by atoms with Crippen LogP contribution in [0.5, 0.6) is 0 Å². The van der Waals surface area contributed by atoms with Gasteiger partial charge in [0.1, 0.15) is 0 Å². The maximum atomic E-state index is 10.9. The Morgan fingerprint density at radius 3 is 1.71 bits per heavy atom. The van der Waals surface area contributed by atoms with Gasteiger partial charge in [-0.3, -0.25) is 0 Å². The number of hydrogen-bond donors (Lipinski definition) is 0. The average molecular weight is 220 g/mol. The summed E-state index contributed by atoms with van der Waals surface area (Å²) in [4.78, 5) is 0. The molecular formula is C3F3I. The Hall–Kier alpha value is 0.0800. The lowest BCUT2D eigenvalue weighted by atomic mass is 10.7. The molecule has 0 radical (unpaired) electrons. The highest BCUT2D eigenvalue weighted by Gasteiger charge is 2.22. The van der Waals surface area contributed by atoms with Gasteiger partial charge in [0, 0.05) is 28.5 Å². The molecule has 0 aliphatic heterocycles. The fourth-order valence-corrected chi connectivity index (χ4v) is 0.359. The molecule has 0 aliphatic rings. The Kier molecular flexibility index (Phi) is 2.43. The second-order valence-electron chi connectivity index (χ2n) is 0.717. The molecule has 0 spiro atoms. The third-order valence-electron chi connectivity index (χ3n) is 0.189. The molecule has 0 saturated carbocycles. The second-order valence-corrected chi connectivity index (χ2v) is 1.26. The molecule has 7 heavy (non-hydrogen) atoms. The lowest BCUT2D eigenvalue weighted by molar-refractivity contribution is -0.0695. The molecule has 0 bridgehead atoms. The minimum atomic E-state index is -4.32. The molecule has 0 atom stereocenters. The quantitative estimate of drug-likeness (QED) is 0.432. The zero-order valence-corrected chi connectivity index (χ0v) is 5.17. The highest BCUT2D eigenvalue weighted by Crippen LogP contribution is 2.11. The predicted molar refractivity (Wildman–Crippen MR) is 27.9 cm³/mol. The average Bonchev–Trinajstić information content (AvgIpc) is 1.30. The molecule has 0 N–H and O–H groups in total. The monoisotopic (exact) mass is 220 g/mol. The lowest BCUT2D eigenvalue weighted by Crippen LogP contribution is -2.00. The molecule has 0 fully saturated rings. The summed E-state index contributed by atoms with van der Waals surface area (Å²) in [5, 5.41) is 0. The van der Waals surface area contributed by atoms with E-state index in [4.69, 9.17) is 0 Å². The van der Waals surface area contributed by atoms with Crippen LogP contribution < -0.4 is 0 Å².